The molecule has 5 nitrogen and oxygen atoms in total. The highest BCUT2D eigenvalue weighted by Crippen LogP contribution is 2.60. The van der Waals surface area contributed by atoms with Crippen LogP contribution in [-0.2, 0) is 0 Å². The first kappa shape index (κ1) is 13.7. The fraction of sp³-hybridized carbons (Fsp3) is 0.636. The Morgan fingerprint density at radius 1 is 1.53 bits per heavy atom. The number of hydrogen-bond acceptors (Lipinski definition) is 3. The van der Waals surface area contributed by atoms with Crippen molar-refractivity contribution in [1.29, 1.82) is 0 Å². The lowest BCUT2D eigenvalue weighted by molar-refractivity contribution is -0.189. The summed E-state index contributed by atoms with van der Waals surface area (Å²) in [6.07, 6.45) is -3.51. The Morgan fingerprint density at radius 2 is 2.21 bits per heavy atom. The number of halogens is 3. The second-order valence-corrected chi connectivity index (χ2v) is 4.61. The van der Waals surface area contributed by atoms with Crippen LogP contribution in [0.4, 0.5) is 18.0 Å². The third kappa shape index (κ3) is 2.99. The van der Waals surface area contributed by atoms with Crippen molar-refractivity contribution in [3.63, 3.8) is 0 Å². The average Bonchev–Trinajstić information content (AvgIpc) is 2.96. The SMILES string of the molecule is O=C(O)n1ccc(OCCCC2(C(F)(F)F)CC2)n1. The van der Waals surface area contributed by atoms with Gasteiger partial charge in [0.05, 0.1) is 12.0 Å². The summed E-state index contributed by atoms with van der Waals surface area (Å²) in [4.78, 5) is 10.5. The molecule has 1 N–H and O–H groups in total. The Balaban J connectivity index is 1.74. The van der Waals surface area contributed by atoms with Crippen LogP contribution < -0.4 is 4.74 Å². The minimum Gasteiger partial charge on any atom is -0.477 e. The fourth-order valence-electron chi connectivity index (χ4n) is 1.90. The summed E-state index contributed by atoms with van der Waals surface area (Å²) in [7, 11) is 0. The topological polar surface area (TPSA) is 64.3 Å². The molecule has 0 saturated heterocycles. The van der Waals surface area contributed by atoms with Crippen LogP contribution in [0.1, 0.15) is 25.7 Å². The lowest BCUT2D eigenvalue weighted by atomic mass is 10.0. The zero-order valence-electron chi connectivity index (χ0n) is 9.98. The van der Waals surface area contributed by atoms with E-state index in [4.69, 9.17) is 9.84 Å². The number of aromatic nitrogens is 2. The summed E-state index contributed by atoms with van der Waals surface area (Å²) in [5, 5.41) is 12.2. The van der Waals surface area contributed by atoms with E-state index in [0.717, 1.165) is 0 Å². The molecule has 0 atom stereocenters. The first-order valence-corrected chi connectivity index (χ1v) is 5.83. The maximum atomic E-state index is 12.6. The third-order valence-electron chi connectivity index (χ3n) is 3.27. The number of carboxylic acid groups (broad SMARTS) is 1. The van der Waals surface area contributed by atoms with Crippen molar-refractivity contribution in [3.8, 4) is 5.88 Å². The molecule has 1 aliphatic rings. The van der Waals surface area contributed by atoms with Gasteiger partial charge in [0.15, 0.2) is 0 Å². The van der Waals surface area contributed by atoms with E-state index in [1.165, 1.54) is 12.3 Å². The Hall–Kier alpha value is -1.73. The maximum Gasteiger partial charge on any atom is 0.432 e. The molecule has 0 unspecified atom stereocenters. The monoisotopic (exact) mass is 278 g/mol. The van der Waals surface area contributed by atoms with E-state index in [2.05, 4.69) is 5.10 Å². The molecule has 0 radical (unpaired) electrons. The molecule has 1 aromatic heterocycles. The van der Waals surface area contributed by atoms with Crippen LogP contribution >= 0.6 is 0 Å². The molecule has 1 aliphatic carbocycles. The maximum absolute atomic E-state index is 12.6. The molecule has 1 aromatic rings. The Morgan fingerprint density at radius 3 is 2.68 bits per heavy atom. The summed E-state index contributed by atoms with van der Waals surface area (Å²) in [5.41, 5.74) is -1.52. The normalized spacial score (nSPS) is 17.2. The highest BCUT2D eigenvalue weighted by molar-refractivity contribution is 5.66. The van der Waals surface area contributed by atoms with Gasteiger partial charge in [-0.3, -0.25) is 0 Å². The van der Waals surface area contributed by atoms with Crippen LogP contribution in [0.15, 0.2) is 12.3 Å². The minimum atomic E-state index is -4.14. The van der Waals surface area contributed by atoms with E-state index in [0.29, 0.717) is 4.68 Å². The van der Waals surface area contributed by atoms with Gasteiger partial charge >= 0.3 is 12.3 Å². The largest absolute Gasteiger partial charge is 0.477 e. The third-order valence-corrected chi connectivity index (χ3v) is 3.27. The van der Waals surface area contributed by atoms with Gasteiger partial charge in [-0.2, -0.15) is 17.9 Å². The van der Waals surface area contributed by atoms with Gasteiger partial charge in [0.1, 0.15) is 0 Å². The Kier molecular flexibility index (Phi) is 3.42. The van der Waals surface area contributed by atoms with E-state index in [1.54, 1.807) is 0 Å². The van der Waals surface area contributed by atoms with Gasteiger partial charge in [-0.05, 0) is 25.7 Å². The molecule has 0 amide bonds. The zero-order chi connectivity index (χ0) is 14.1. The van der Waals surface area contributed by atoms with Crippen molar-refractivity contribution in [3.05, 3.63) is 12.3 Å². The lowest BCUT2D eigenvalue weighted by Crippen LogP contribution is -2.24. The fourth-order valence-corrected chi connectivity index (χ4v) is 1.90. The van der Waals surface area contributed by atoms with Crippen LogP contribution in [0.5, 0.6) is 5.88 Å². The number of alkyl halides is 3. The first-order valence-electron chi connectivity index (χ1n) is 5.83. The molecule has 0 aromatic carbocycles. The predicted molar refractivity (Wildman–Crippen MR) is 58.1 cm³/mol. The quantitative estimate of drug-likeness (QED) is 0.841. The summed E-state index contributed by atoms with van der Waals surface area (Å²) >= 11 is 0. The van der Waals surface area contributed by atoms with Gasteiger partial charge in [0.2, 0.25) is 5.88 Å². The molecule has 2 rings (SSSR count). The van der Waals surface area contributed by atoms with Crippen LogP contribution in [0.25, 0.3) is 0 Å². The molecule has 1 fully saturated rings. The van der Waals surface area contributed by atoms with E-state index in [9.17, 15) is 18.0 Å². The highest BCUT2D eigenvalue weighted by Gasteiger charge is 2.62. The highest BCUT2D eigenvalue weighted by atomic mass is 19.4. The van der Waals surface area contributed by atoms with Crippen LogP contribution in [0.3, 0.4) is 0 Å². The average molecular weight is 278 g/mol. The van der Waals surface area contributed by atoms with E-state index in [-0.39, 0.29) is 38.2 Å². The summed E-state index contributed by atoms with van der Waals surface area (Å²) < 4.78 is 43.6. The molecule has 0 spiro atoms. The van der Waals surface area contributed by atoms with Gasteiger partial charge in [0, 0.05) is 12.3 Å². The Labute approximate surface area is 107 Å². The summed E-state index contributed by atoms with van der Waals surface area (Å²) in [6, 6.07) is 1.35. The first-order chi connectivity index (χ1) is 8.84. The summed E-state index contributed by atoms with van der Waals surface area (Å²) in [6.45, 7) is 0.0917. The van der Waals surface area contributed by atoms with Gasteiger partial charge in [-0.15, -0.1) is 5.10 Å². The molecule has 0 bridgehead atoms. The number of ether oxygens (including phenoxy) is 1. The Bertz CT molecular complexity index is 466. The van der Waals surface area contributed by atoms with Crippen LogP contribution in [0, 0.1) is 5.41 Å². The van der Waals surface area contributed by atoms with Crippen LogP contribution in [-0.4, -0.2) is 33.8 Å². The molecule has 0 aliphatic heterocycles. The molecule has 1 heterocycles. The zero-order valence-corrected chi connectivity index (χ0v) is 9.98. The second-order valence-electron chi connectivity index (χ2n) is 4.61. The van der Waals surface area contributed by atoms with E-state index >= 15 is 0 Å². The molecule has 1 saturated carbocycles. The van der Waals surface area contributed by atoms with Crippen molar-refractivity contribution < 1.29 is 27.8 Å². The molecule has 19 heavy (non-hydrogen) atoms. The lowest BCUT2D eigenvalue weighted by Gasteiger charge is -2.18. The molecular formula is C11H13F3N2O3. The standard InChI is InChI=1S/C11H13F3N2O3/c12-11(13,14)10(4-5-10)3-1-7-19-8-2-6-16(15-8)9(17)18/h2,6H,1,3-5,7H2,(H,17,18). The minimum absolute atomic E-state index is 0.0378. The van der Waals surface area contributed by atoms with E-state index in [1.807, 2.05) is 0 Å². The predicted octanol–water partition coefficient (Wildman–Crippen LogP) is 2.91. The van der Waals surface area contributed by atoms with E-state index < -0.39 is 17.7 Å². The number of hydrogen-bond donors (Lipinski definition) is 1. The van der Waals surface area contributed by atoms with Gasteiger partial charge < -0.3 is 9.84 Å². The second kappa shape index (κ2) is 4.75. The van der Waals surface area contributed by atoms with Crippen molar-refractivity contribution in [2.24, 2.45) is 5.41 Å². The van der Waals surface area contributed by atoms with Crippen molar-refractivity contribution in [2.75, 3.05) is 6.61 Å². The molecule has 106 valence electrons. The van der Waals surface area contributed by atoms with Crippen molar-refractivity contribution >= 4 is 6.09 Å². The van der Waals surface area contributed by atoms with Crippen LogP contribution in [0.2, 0.25) is 0 Å². The molecular weight excluding hydrogens is 265 g/mol. The van der Waals surface area contributed by atoms with Crippen molar-refractivity contribution in [1.82, 2.24) is 9.78 Å². The smallest absolute Gasteiger partial charge is 0.432 e. The van der Waals surface area contributed by atoms with Gasteiger partial charge in [-0.1, -0.05) is 0 Å². The van der Waals surface area contributed by atoms with Crippen molar-refractivity contribution in [2.45, 2.75) is 31.9 Å². The number of carbonyl (C=O) groups is 1. The number of nitrogens with zero attached hydrogens (tertiary/aromatic N) is 2. The van der Waals surface area contributed by atoms with Gasteiger partial charge in [0.25, 0.3) is 0 Å². The van der Waals surface area contributed by atoms with Gasteiger partial charge in [-0.25, -0.2) is 4.79 Å². The molecule has 8 heteroatoms. The summed E-state index contributed by atoms with van der Waals surface area (Å²) in [5.74, 6) is 0.0965. The number of rotatable bonds is 5.